The number of aliphatic carboxylic acids is 1. The molecule has 0 radical (unpaired) electrons. The van der Waals surface area contributed by atoms with Crippen molar-refractivity contribution in [3.63, 3.8) is 0 Å². The zero-order valence-corrected chi connectivity index (χ0v) is 10.2. The Morgan fingerprint density at radius 2 is 1.62 bits per heavy atom. The Hall–Kier alpha value is -1.10. The second kappa shape index (κ2) is 4.82. The van der Waals surface area contributed by atoms with Crippen molar-refractivity contribution in [3.8, 4) is 0 Å². The molecule has 5 heteroatoms. The number of carboxylic acid groups (broad SMARTS) is 1. The van der Waals surface area contributed by atoms with Gasteiger partial charge in [-0.05, 0) is 20.8 Å². The number of carbonyl (C=O) groups excluding carboxylic acids is 1. The maximum atomic E-state index is 11.5. The summed E-state index contributed by atoms with van der Waals surface area (Å²) in [6, 6.07) is 0. The quantitative estimate of drug-likeness (QED) is 0.695. The van der Waals surface area contributed by atoms with Crippen LogP contribution in [0.2, 0.25) is 0 Å². The van der Waals surface area contributed by atoms with E-state index in [0.29, 0.717) is 13.1 Å². The van der Waals surface area contributed by atoms with Crippen LogP contribution in [0.5, 0.6) is 0 Å². The third-order valence-corrected chi connectivity index (χ3v) is 2.88. The van der Waals surface area contributed by atoms with E-state index in [1.165, 1.54) is 0 Å². The average Bonchev–Trinajstić information content (AvgIpc) is 2.15. The molecule has 1 rings (SSSR count). The predicted molar refractivity (Wildman–Crippen MR) is 60.2 cm³/mol. The van der Waals surface area contributed by atoms with E-state index in [9.17, 15) is 9.59 Å². The Kier molecular flexibility index (Phi) is 3.91. The van der Waals surface area contributed by atoms with Gasteiger partial charge in [-0.25, -0.2) is 0 Å². The molecule has 1 amide bonds. The van der Waals surface area contributed by atoms with Gasteiger partial charge in [-0.15, -0.1) is 0 Å². The largest absolute Gasteiger partial charge is 0.481 e. The van der Waals surface area contributed by atoms with Crippen LogP contribution in [0.4, 0.5) is 0 Å². The Morgan fingerprint density at radius 3 is 2.00 bits per heavy atom. The van der Waals surface area contributed by atoms with Crippen LogP contribution in [-0.2, 0) is 9.59 Å². The van der Waals surface area contributed by atoms with Crippen molar-refractivity contribution in [2.45, 2.75) is 32.7 Å². The number of rotatable bonds is 2. The number of piperazine rings is 1. The second-order valence-electron chi connectivity index (χ2n) is 5.11. The predicted octanol–water partition coefficient (Wildman–Crippen LogP) is 0.404. The minimum Gasteiger partial charge on any atom is -0.481 e. The van der Waals surface area contributed by atoms with E-state index in [0.717, 1.165) is 13.1 Å². The molecule has 5 nitrogen and oxygen atoms in total. The highest BCUT2D eigenvalue weighted by Crippen LogP contribution is 2.15. The summed E-state index contributed by atoms with van der Waals surface area (Å²) in [5, 5.41) is 8.54. The summed E-state index contributed by atoms with van der Waals surface area (Å²) in [5.74, 6) is -1.33. The fourth-order valence-electron chi connectivity index (χ4n) is 1.87. The van der Waals surface area contributed by atoms with Gasteiger partial charge < -0.3 is 10.0 Å². The average molecular weight is 228 g/mol. The van der Waals surface area contributed by atoms with E-state index in [1.54, 1.807) is 4.90 Å². The molecule has 1 aliphatic heterocycles. The van der Waals surface area contributed by atoms with Crippen molar-refractivity contribution in [3.05, 3.63) is 0 Å². The Balaban J connectivity index is 2.43. The first-order valence-electron chi connectivity index (χ1n) is 5.55. The lowest BCUT2D eigenvalue weighted by molar-refractivity contribution is -0.145. The lowest BCUT2D eigenvalue weighted by Crippen LogP contribution is -2.54. The standard InChI is InChI=1S/C11H20N2O3/c1-11(2,3)13-6-4-12(5-7-13)9(14)8-10(15)16/h4-8H2,1-3H3,(H,15,16). The Bertz CT molecular complexity index is 275. The third kappa shape index (κ3) is 3.48. The summed E-state index contributed by atoms with van der Waals surface area (Å²) in [5.41, 5.74) is 0.113. The third-order valence-electron chi connectivity index (χ3n) is 2.88. The number of carbonyl (C=O) groups is 2. The van der Waals surface area contributed by atoms with Crippen LogP contribution in [0.3, 0.4) is 0 Å². The first-order chi connectivity index (χ1) is 7.30. The van der Waals surface area contributed by atoms with Gasteiger partial charge in [0.05, 0.1) is 0 Å². The number of amides is 1. The maximum Gasteiger partial charge on any atom is 0.312 e. The Morgan fingerprint density at radius 1 is 1.12 bits per heavy atom. The van der Waals surface area contributed by atoms with Crippen LogP contribution in [0, 0.1) is 0 Å². The highest BCUT2D eigenvalue weighted by atomic mass is 16.4. The van der Waals surface area contributed by atoms with E-state index in [4.69, 9.17) is 5.11 Å². The highest BCUT2D eigenvalue weighted by Gasteiger charge is 2.28. The lowest BCUT2D eigenvalue weighted by Gasteiger charge is -2.42. The molecule has 1 fully saturated rings. The van der Waals surface area contributed by atoms with E-state index < -0.39 is 12.4 Å². The molecule has 1 N–H and O–H groups in total. The summed E-state index contributed by atoms with van der Waals surface area (Å²) in [4.78, 5) is 25.8. The van der Waals surface area contributed by atoms with Crippen LogP contribution in [0.15, 0.2) is 0 Å². The van der Waals surface area contributed by atoms with Gasteiger partial charge in [0, 0.05) is 31.7 Å². The molecular formula is C11H20N2O3. The molecule has 0 bridgehead atoms. The van der Waals surface area contributed by atoms with Gasteiger partial charge in [-0.2, -0.15) is 0 Å². The Labute approximate surface area is 96.0 Å². The smallest absolute Gasteiger partial charge is 0.312 e. The van der Waals surface area contributed by atoms with Crippen LogP contribution in [0.25, 0.3) is 0 Å². The van der Waals surface area contributed by atoms with Gasteiger partial charge in [-0.1, -0.05) is 0 Å². The molecule has 0 atom stereocenters. The van der Waals surface area contributed by atoms with Gasteiger partial charge >= 0.3 is 5.97 Å². The molecule has 1 saturated heterocycles. The van der Waals surface area contributed by atoms with Gasteiger partial charge in [0.25, 0.3) is 0 Å². The van der Waals surface area contributed by atoms with E-state index in [2.05, 4.69) is 25.7 Å². The number of nitrogens with zero attached hydrogens (tertiary/aromatic N) is 2. The van der Waals surface area contributed by atoms with Crippen molar-refractivity contribution in [1.29, 1.82) is 0 Å². The van der Waals surface area contributed by atoms with Crippen molar-refractivity contribution >= 4 is 11.9 Å². The summed E-state index contributed by atoms with van der Waals surface area (Å²) in [6.45, 7) is 9.31. The zero-order valence-electron chi connectivity index (χ0n) is 10.2. The molecule has 0 saturated carbocycles. The summed E-state index contributed by atoms with van der Waals surface area (Å²) in [6.07, 6.45) is -0.393. The van der Waals surface area contributed by atoms with Crippen molar-refractivity contribution < 1.29 is 14.7 Å². The lowest BCUT2D eigenvalue weighted by atomic mass is 10.0. The second-order valence-corrected chi connectivity index (χ2v) is 5.11. The minimum absolute atomic E-state index is 0.113. The van der Waals surface area contributed by atoms with Crippen molar-refractivity contribution in [1.82, 2.24) is 9.80 Å². The van der Waals surface area contributed by atoms with Crippen LogP contribution >= 0.6 is 0 Å². The van der Waals surface area contributed by atoms with E-state index >= 15 is 0 Å². The monoisotopic (exact) mass is 228 g/mol. The molecule has 0 aliphatic carbocycles. The number of hydrogen-bond donors (Lipinski definition) is 1. The summed E-state index contributed by atoms with van der Waals surface area (Å²) >= 11 is 0. The zero-order chi connectivity index (χ0) is 12.3. The topological polar surface area (TPSA) is 60.9 Å². The number of hydrogen-bond acceptors (Lipinski definition) is 3. The normalized spacial score (nSPS) is 18.6. The molecule has 0 spiro atoms. The molecule has 1 heterocycles. The summed E-state index contributed by atoms with van der Waals surface area (Å²) in [7, 11) is 0. The fourth-order valence-corrected chi connectivity index (χ4v) is 1.87. The fraction of sp³-hybridized carbons (Fsp3) is 0.818. The van der Waals surface area contributed by atoms with E-state index in [1.807, 2.05) is 0 Å². The van der Waals surface area contributed by atoms with E-state index in [-0.39, 0.29) is 11.4 Å². The van der Waals surface area contributed by atoms with Crippen LogP contribution in [-0.4, -0.2) is 58.5 Å². The molecule has 0 aromatic carbocycles. The first kappa shape index (κ1) is 13.0. The molecule has 16 heavy (non-hydrogen) atoms. The minimum atomic E-state index is -1.05. The van der Waals surface area contributed by atoms with Gasteiger partial charge in [-0.3, -0.25) is 14.5 Å². The SMILES string of the molecule is CC(C)(C)N1CCN(C(=O)CC(=O)O)CC1. The van der Waals surface area contributed by atoms with Gasteiger partial charge in [0.2, 0.25) is 5.91 Å². The van der Waals surface area contributed by atoms with Crippen LogP contribution in [0.1, 0.15) is 27.2 Å². The molecule has 0 aromatic rings. The maximum absolute atomic E-state index is 11.5. The molecule has 0 aromatic heterocycles. The first-order valence-corrected chi connectivity index (χ1v) is 5.55. The highest BCUT2D eigenvalue weighted by molar-refractivity contribution is 5.93. The van der Waals surface area contributed by atoms with Gasteiger partial charge in [0.1, 0.15) is 6.42 Å². The van der Waals surface area contributed by atoms with Crippen LogP contribution < -0.4 is 0 Å². The van der Waals surface area contributed by atoms with Gasteiger partial charge in [0.15, 0.2) is 0 Å². The molecule has 0 unspecified atom stereocenters. The molecule has 92 valence electrons. The summed E-state index contributed by atoms with van der Waals surface area (Å²) < 4.78 is 0. The molecular weight excluding hydrogens is 208 g/mol. The van der Waals surface area contributed by atoms with Crippen molar-refractivity contribution in [2.75, 3.05) is 26.2 Å². The molecule has 1 aliphatic rings. The number of carboxylic acids is 1. The van der Waals surface area contributed by atoms with Crippen molar-refractivity contribution in [2.24, 2.45) is 0 Å².